The van der Waals surface area contributed by atoms with Crippen molar-refractivity contribution in [2.45, 2.75) is 50.7 Å². The van der Waals surface area contributed by atoms with Crippen LogP contribution in [0.1, 0.15) is 50.1 Å². The van der Waals surface area contributed by atoms with Gasteiger partial charge in [-0.2, -0.15) is 11.8 Å². The molecule has 9 heteroatoms. The Hall–Kier alpha value is -2.97. The molecule has 0 saturated carbocycles. The molecular formula is C25H27ClN2O5S. The van der Waals surface area contributed by atoms with Crippen LogP contribution in [0, 0.1) is 0 Å². The second kappa shape index (κ2) is 11.9. The summed E-state index contributed by atoms with van der Waals surface area (Å²) in [6.07, 6.45) is -0.481. The molecule has 7 nitrogen and oxygen atoms in total. The van der Waals surface area contributed by atoms with Crippen LogP contribution in [-0.4, -0.2) is 27.6 Å². The Kier molecular flexibility index (Phi) is 9.01. The first-order valence-electron chi connectivity index (χ1n) is 10.9. The van der Waals surface area contributed by atoms with Gasteiger partial charge in [-0.25, -0.2) is 4.79 Å². The van der Waals surface area contributed by atoms with E-state index in [9.17, 15) is 9.59 Å². The fourth-order valence-electron chi connectivity index (χ4n) is 3.35. The molecule has 2 unspecified atom stereocenters. The third-order valence-corrected chi connectivity index (χ3v) is 6.74. The van der Waals surface area contributed by atoms with Crippen molar-refractivity contribution in [3.05, 3.63) is 70.4 Å². The molecule has 0 fully saturated rings. The number of benzene rings is 2. The lowest BCUT2D eigenvalue weighted by atomic mass is 10.1. The fraction of sp³-hybridized carbons (Fsp3) is 0.320. The van der Waals surface area contributed by atoms with E-state index in [1.165, 1.54) is 0 Å². The number of thioether (sulfide) groups is 1. The maximum atomic E-state index is 12.6. The highest BCUT2D eigenvalue weighted by Crippen LogP contribution is 2.33. The summed E-state index contributed by atoms with van der Waals surface area (Å²) >= 11 is 7.79. The number of nitrogens with one attached hydrogen (secondary N) is 1. The zero-order valence-electron chi connectivity index (χ0n) is 19.2. The van der Waals surface area contributed by atoms with Crippen molar-refractivity contribution in [1.29, 1.82) is 0 Å². The SMILES string of the molecule is CCc1noc(-c2ccc(CSC(C)CC(=O)O)cc2)c1NC(=O)OC(C)c1ccccc1Cl. The van der Waals surface area contributed by atoms with E-state index in [0.29, 0.717) is 39.9 Å². The van der Waals surface area contributed by atoms with E-state index in [1.54, 1.807) is 24.8 Å². The summed E-state index contributed by atoms with van der Waals surface area (Å²) in [5.41, 5.74) is 3.61. The van der Waals surface area contributed by atoms with E-state index < -0.39 is 18.2 Å². The van der Waals surface area contributed by atoms with Crippen LogP contribution in [0.25, 0.3) is 11.3 Å². The molecule has 1 aromatic heterocycles. The number of aliphatic carboxylic acids is 1. The summed E-state index contributed by atoms with van der Waals surface area (Å²) < 4.78 is 11.1. The number of ether oxygens (including phenoxy) is 1. The number of hydrogen-bond acceptors (Lipinski definition) is 6. The van der Waals surface area contributed by atoms with Crippen molar-refractivity contribution in [2.75, 3.05) is 5.32 Å². The summed E-state index contributed by atoms with van der Waals surface area (Å²) in [6.45, 7) is 5.57. The van der Waals surface area contributed by atoms with E-state index in [1.807, 2.05) is 56.3 Å². The first kappa shape index (κ1) is 25.6. The number of rotatable bonds is 10. The summed E-state index contributed by atoms with van der Waals surface area (Å²) in [4.78, 5) is 23.5. The van der Waals surface area contributed by atoms with Crippen molar-refractivity contribution in [1.82, 2.24) is 5.16 Å². The monoisotopic (exact) mass is 502 g/mol. The second-order valence-corrected chi connectivity index (χ2v) is 9.63. The highest BCUT2D eigenvalue weighted by Gasteiger charge is 2.21. The molecule has 0 aliphatic rings. The van der Waals surface area contributed by atoms with Gasteiger partial charge in [0.2, 0.25) is 0 Å². The Bertz CT molecular complexity index is 1130. The minimum absolute atomic E-state index is 0.0218. The topological polar surface area (TPSA) is 102 Å². The number of halogens is 1. The zero-order valence-corrected chi connectivity index (χ0v) is 20.8. The molecule has 2 atom stereocenters. The minimum Gasteiger partial charge on any atom is -0.481 e. The Balaban J connectivity index is 1.70. The van der Waals surface area contributed by atoms with E-state index in [0.717, 1.165) is 11.1 Å². The molecule has 2 N–H and O–H groups in total. The Morgan fingerprint density at radius 2 is 1.88 bits per heavy atom. The number of amides is 1. The van der Waals surface area contributed by atoms with Gasteiger partial charge in [0.05, 0.1) is 6.42 Å². The number of carbonyl (C=O) groups is 2. The largest absolute Gasteiger partial charge is 0.481 e. The van der Waals surface area contributed by atoms with Gasteiger partial charge in [-0.05, 0) is 25.0 Å². The van der Waals surface area contributed by atoms with Crippen LogP contribution >= 0.6 is 23.4 Å². The lowest BCUT2D eigenvalue weighted by Crippen LogP contribution is -2.17. The molecule has 0 saturated heterocycles. The van der Waals surface area contributed by atoms with Crippen molar-refractivity contribution < 1.29 is 24.0 Å². The minimum atomic E-state index is -0.799. The number of aryl methyl sites for hydroxylation is 1. The summed E-state index contributed by atoms with van der Waals surface area (Å²) in [5.74, 6) is 0.341. The molecule has 0 aliphatic heterocycles. The summed E-state index contributed by atoms with van der Waals surface area (Å²) in [6, 6.07) is 14.9. The van der Waals surface area contributed by atoms with Crippen molar-refractivity contribution in [3.8, 4) is 11.3 Å². The van der Waals surface area contributed by atoms with Crippen LogP contribution in [0.4, 0.5) is 10.5 Å². The number of nitrogens with zero attached hydrogens (tertiary/aromatic N) is 1. The smallest absolute Gasteiger partial charge is 0.412 e. The van der Waals surface area contributed by atoms with Gasteiger partial charge in [-0.1, -0.05) is 73.1 Å². The summed E-state index contributed by atoms with van der Waals surface area (Å²) in [7, 11) is 0. The van der Waals surface area contributed by atoms with Crippen molar-refractivity contribution in [3.63, 3.8) is 0 Å². The maximum absolute atomic E-state index is 12.6. The van der Waals surface area contributed by atoms with E-state index in [4.69, 9.17) is 26.0 Å². The molecule has 2 aromatic carbocycles. The average molecular weight is 503 g/mol. The maximum Gasteiger partial charge on any atom is 0.412 e. The van der Waals surface area contributed by atoms with Gasteiger partial charge in [-0.3, -0.25) is 10.1 Å². The fourth-order valence-corrected chi connectivity index (χ4v) is 4.57. The molecule has 0 aliphatic carbocycles. The van der Waals surface area contributed by atoms with Crippen molar-refractivity contribution >= 4 is 41.1 Å². The molecule has 0 bridgehead atoms. The van der Waals surface area contributed by atoms with Crippen LogP contribution in [0.15, 0.2) is 53.1 Å². The first-order valence-corrected chi connectivity index (χ1v) is 12.3. The standard InChI is InChI=1S/C25H27ClN2O5S/c1-4-21-23(27-25(31)32-16(3)19-7-5-6-8-20(19)26)24(33-28-21)18-11-9-17(10-12-18)14-34-15(2)13-22(29)30/h5-12,15-16H,4,13-14H2,1-3H3,(H,27,31)(H,29,30). The molecule has 1 heterocycles. The zero-order chi connectivity index (χ0) is 24.7. The van der Waals surface area contributed by atoms with Crippen LogP contribution in [0.3, 0.4) is 0 Å². The number of carboxylic acid groups (broad SMARTS) is 1. The van der Waals surface area contributed by atoms with Gasteiger partial charge < -0.3 is 14.4 Å². The Morgan fingerprint density at radius 3 is 2.53 bits per heavy atom. The van der Waals surface area contributed by atoms with E-state index in [2.05, 4.69) is 10.5 Å². The Labute approximate surface area is 207 Å². The molecule has 1 amide bonds. The molecular weight excluding hydrogens is 476 g/mol. The van der Waals surface area contributed by atoms with E-state index >= 15 is 0 Å². The molecule has 0 radical (unpaired) electrons. The quantitative estimate of drug-likeness (QED) is 0.309. The summed E-state index contributed by atoms with van der Waals surface area (Å²) in [5, 5.41) is 16.3. The van der Waals surface area contributed by atoms with Crippen molar-refractivity contribution in [2.24, 2.45) is 0 Å². The highest BCUT2D eigenvalue weighted by molar-refractivity contribution is 7.99. The van der Waals surface area contributed by atoms with Gasteiger partial charge in [0, 0.05) is 27.2 Å². The van der Waals surface area contributed by atoms with Gasteiger partial charge in [-0.15, -0.1) is 0 Å². The third-order valence-electron chi connectivity index (χ3n) is 5.16. The molecule has 180 valence electrons. The van der Waals surface area contributed by atoms with Gasteiger partial charge >= 0.3 is 12.1 Å². The Morgan fingerprint density at radius 1 is 1.18 bits per heavy atom. The van der Waals surface area contributed by atoms with Gasteiger partial charge in [0.15, 0.2) is 5.76 Å². The normalized spacial score (nSPS) is 12.7. The van der Waals surface area contributed by atoms with Crippen LogP contribution in [0.5, 0.6) is 0 Å². The van der Waals surface area contributed by atoms with Gasteiger partial charge in [0.1, 0.15) is 17.5 Å². The number of anilines is 1. The molecule has 0 spiro atoms. The first-order chi connectivity index (χ1) is 16.3. The van der Waals surface area contributed by atoms with Gasteiger partial charge in [0.25, 0.3) is 0 Å². The lowest BCUT2D eigenvalue weighted by Gasteiger charge is -2.15. The highest BCUT2D eigenvalue weighted by atomic mass is 35.5. The van der Waals surface area contributed by atoms with E-state index in [-0.39, 0.29) is 11.7 Å². The third kappa shape index (κ3) is 6.77. The van der Waals surface area contributed by atoms with Crippen LogP contribution in [-0.2, 0) is 21.7 Å². The predicted octanol–water partition coefficient (Wildman–Crippen LogP) is 6.96. The average Bonchev–Trinajstić information content (AvgIpc) is 3.20. The molecule has 34 heavy (non-hydrogen) atoms. The number of hydrogen-bond donors (Lipinski definition) is 2. The molecule has 3 aromatic rings. The number of carbonyl (C=O) groups excluding carboxylic acids is 1. The lowest BCUT2D eigenvalue weighted by molar-refractivity contribution is -0.136. The van der Waals surface area contributed by atoms with Crippen LogP contribution < -0.4 is 5.32 Å². The van der Waals surface area contributed by atoms with Crippen LogP contribution in [0.2, 0.25) is 5.02 Å². The number of carboxylic acids is 1. The number of aromatic nitrogens is 1. The molecule has 3 rings (SSSR count). The predicted molar refractivity (Wildman–Crippen MR) is 134 cm³/mol. The second-order valence-electron chi connectivity index (χ2n) is 7.80.